The fraction of sp³-hybridized carbons (Fsp3) is 0.235. The number of hydrazone groups is 1. The molecule has 0 aliphatic carbocycles. The van der Waals surface area contributed by atoms with Crippen molar-refractivity contribution in [2.24, 2.45) is 5.10 Å². The first-order valence-corrected chi connectivity index (χ1v) is 7.50. The summed E-state index contributed by atoms with van der Waals surface area (Å²) in [7, 11) is 0. The van der Waals surface area contributed by atoms with Crippen molar-refractivity contribution in [1.29, 1.82) is 0 Å². The number of carbonyl (C=O) groups excluding carboxylic acids is 2. The minimum absolute atomic E-state index is 0.181. The van der Waals surface area contributed by atoms with Gasteiger partial charge in [0.05, 0.1) is 18.3 Å². The first-order valence-electron chi connectivity index (χ1n) is 7.50. The van der Waals surface area contributed by atoms with Crippen molar-refractivity contribution in [3.8, 4) is 0 Å². The standard InChI is InChI=1S/C17H16F3N3O3/c1-10-5-12(7-13(6-10)17(18,19)20)16(25)21-9-15(24)23-22-8-14-4-3-11(2)26-14/h3-8H,9H2,1-2H3,(H,21,25)(H,23,24)/b22-8+. The number of benzene rings is 1. The summed E-state index contributed by atoms with van der Waals surface area (Å²) < 4.78 is 43.6. The molecule has 26 heavy (non-hydrogen) atoms. The van der Waals surface area contributed by atoms with Gasteiger partial charge < -0.3 is 9.73 Å². The molecule has 0 atom stereocenters. The predicted molar refractivity (Wildman–Crippen MR) is 87.7 cm³/mol. The Bertz CT molecular complexity index is 841. The number of nitrogens with one attached hydrogen (secondary N) is 2. The first-order chi connectivity index (χ1) is 12.1. The molecule has 2 aromatic rings. The molecule has 138 valence electrons. The lowest BCUT2D eigenvalue weighted by molar-refractivity contribution is -0.137. The van der Waals surface area contributed by atoms with Gasteiger partial charge in [0.1, 0.15) is 11.5 Å². The second-order valence-electron chi connectivity index (χ2n) is 5.51. The molecule has 0 fully saturated rings. The highest BCUT2D eigenvalue weighted by Gasteiger charge is 2.31. The molecule has 0 aliphatic rings. The topological polar surface area (TPSA) is 83.7 Å². The third-order valence-corrected chi connectivity index (χ3v) is 3.22. The molecule has 0 unspecified atom stereocenters. The van der Waals surface area contributed by atoms with Crippen molar-refractivity contribution in [3.05, 3.63) is 58.5 Å². The number of hydrogen-bond acceptors (Lipinski definition) is 4. The number of alkyl halides is 3. The van der Waals surface area contributed by atoms with Crippen LogP contribution in [-0.2, 0) is 11.0 Å². The fourth-order valence-electron chi connectivity index (χ4n) is 2.07. The van der Waals surface area contributed by atoms with Crippen LogP contribution in [0.1, 0.15) is 33.0 Å². The number of rotatable bonds is 5. The summed E-state index contributed by atoms with van der Waals surface area (Å²) in [4.78, 5) is 23.6. The quantitative estimate of drug-likeness (QED) is 0.630. The largest absolute Gasteiger partial charge is 0.460 e. The van der Waals surface area contributed by atoms with Gasteiger partial charge in [-0.2, -0.15) is 18.3 Å². The van der Waals surface area contributed by atoms with Crippen LogP contribution in [0.5, 0.6) is 0 Å². The lowest BCUT2D eigenvalue weighted by Gasteiger charge is -2.10. The average Bonchev–Trinajstić information content (AvgIpc) is 2.96. The minimum atomic E-state index is -4.56. The highest BCUT2D eigenvalue weighted by molar-refractivity contribution is 5.96. The highest BCUT2D eigenvalue weighted by Crippen LogP contribution is 2.30. The van der Waals surface area contributed by atoms with E-state index in [4.69, 9.17) is 4.42 Å². The van der Waals surface area contributed by atoms with Gasteiger partial charge in [0.15, 0.2) is 0 Å². The second kappa shape index (κ2) is 7.85. The Morgan fingerprint density at radius 3 is 2.54 bits per heavy atom. The maximum Gasteiger partial charge on any atom is 0.416 e. The van der Waals surface area contributed by atoms with Crippen molar-refractivity contribution < 1.29 is 27.2 Å². The van der Waals surface area contributed by atoms with Crippen LogP contribution in [0.3, 0.4) is 0 Å². The first kappa shape index (κ1) is 19.2. The molecule has 0 aliphatic heterocycles. The van der Waals surface area contributed by atoms with Gasteiger partial charge in [-0.3, -0.25) is 9.59 Å². The number of aryl methyl sites for hydroxylation is 2. The van der Waals surface area contributed by atoms with E-state index in [1.54, 1.807) is 19.1 Å². The molecule has 2 rings (SSSR count). The summed E-state index contributed by atoms with van der Waals surface area (Å²) in [6, 6.07) is 6.36. The van der Waals surface area contributed by atoms with E-state index in [9.17, 15) is 22.8 Å². The normalized spacial score (nSPS) is 11.6. The van der Waals surface area contributed by atoms with Gasteiger partial charge in [0.2, 0.25) is 0 Å². The van der Waals surface area contributed by atoms with Crippen LogP contribution in [0.4, 0.5) is 13.2 Å². The van der Waals surface area contributed by atoms with Gasteiger partial charge in [-0.1, -0.05) is 0 Å². The zero-order valence-electron chi connectivity index (χ0n) is 14.0. The van der Waals surface area contributed by atoms with Crippen molar-refractivity contribution in [1.82, 2.24) is 10.7 Å². The van der Waals surface area contributed by atoms with Crippen molar-refractivity contribution in [3.63, 3.8) is 0 Å². The predicted octanol–water partition coefficient (Wildman–Crippen LogP) is 2.80. The van der Waals surface area contributed by atoms with E-state index >= 15 is 0 Å². The molecule has 0 radical (unpaired) electrons. The molecular formula is C17H16F3N3O3. The second-order valence-corrected chi connectivity index (χ2v) is 5.51. The van der Waals surface area contributed by atoms with Crippen molar-refractivity contribution in [2.75, 3.05) is 6.54 Å². The molecule has 0 spiro atoms. The fourth-order valence-corrected chi connectivity index (χ4v) is 2.07. The van der Waals surface area contributed by atoms with E-state index in [2.05, 4.69) is 15.8 Å². The smallest absolute Gasteiger partial charge is 0.416 e. The van der Waals surface area contributed by atoms with Gasteiger partial charge >= 0.3 is 6.18 Å². The third kappa shape index (κ3) is 5.47. The molecule has 0 bridgehead atoms. The Morgan fingerprint density at radius 1 is 1.19 bits per heavy atom. The van der Waals surface area contributed by atoms with Crippen LogP contribution in [0.25, 0.3) is 0 Å². The molecule has 1 aromatic heterocycles. The average molecular weight is 367 g/mol. The van der Waals surface area contributed by atoms with E-state index in [-0.39, 0.29) is 11.1 Å². The summed E-state index contributed by atoms with van der Waals surface area (Å²) in [6.45, 7) is 2.76. The van der Waals surface area contributed by atoms with Gasteiger partial charge in [0, 0.05) is 5.56 Å². The summed E-state index contributed by atoms with van der Waals surface area (Å²) in [5.41, 5.74) is 1.35. The summed E-state index contributed by atoms with van der Waals surface area (Å²) in [5, 5.41) is 5.89. The van der Waals surface area contributed by atoms with E-state index < -0.39 is 30.1 Å². The van der Waals surface area contributed by atoms with Gasteiger partial charge in [-0.15, -0.1) is 0 Å². The minimum Gasteiger partial charge on any atom is -0.460 e. The summed E-state index contributed by atoms with van der Waals surface area (Å²) >= 11 is 0. The zero-order valence-corrected chi connectivity index (χ0v) is 14.0. The monoisotopic (exact) mass is 367 g/mol. The van der Waals surface area contributed by atoms with Crippen LogP contribution < -0.4 is 10.7 Å². The van der Waals surface area contributed by atoms with Gasteiger partial charge in [0.25, 0.3) is 11.8 Å². The lowest BCUT2D eigenvalue weighted by atomic mass is 10.1. The molecular weight excluding hydrogens is 351 g/mol. The molecule has 1 heterocycles. The summed E-state index contributed by atoms with van der Waals surface area (Å²) in [5.74, 6) is -0.311. The van der Waals surface area contributed by atoms with Gasteiger partial charge in [-0.05, 0) is 49.7 Å². The number of nitrogens with zero attached hydrogens (tertiary/aromatic N) is 1. The van der Waals surface area contributed by atoms with Crippen molar-refractivity contribution in [2.45, 2.75) is 20.0 Å². The van der Waals surface area contributed by atoms with E-state index in [1.807, 2.05) is 0 Å². The van der Waals surface area contributed by atoms with Gasteiger partial charge in [-0.25, -0.2) is 5.43 Å². The third-order valence-electron chi connectivity index (χ3n) is 3.22. The number of hydrogen-bond donors (Lipinski definition) is 2. The molecule has 2 amide bonds. The van der Waals surface area contributed by atoms with E-state index in [0.717, 1.165) is 12.1 Å². The molecule has 6 nitrogen and oxygen atoms in total. The zero-order chi connectivity index (χ0) is 19.3. The summed E-state index contributed by atoms with van der Waals surface area (Å²) in [6.07, 6.45) is -3.28. The highest BCUT2D eigenvalue weighted by atomic mass is 19.4. The van der Waals surface area contributed by atoms with Crippen LogP contribution in [0.15, 0.2) is 39.9 Å². The number of carbonyl (C=O) groups is 2. The number of halogens is 3. The molecule has 9 heteroatoms. The SMILES string of the molecule is Cc1cc(C(=O)NCC(=O)N/N=C/c2ccc(C)o2)cc(C(F)(F)F)c1. The molecule has 2 N–H and O–H groups in total. The number of amides is 2. The molecule has 0 saturated heterocycles. The maximum atomic E-state index is 12.8. The van der Waals surface area contributed by atoms with E-state index in [1.165, 1.54) is 19.2 Å². The Balaban J connectivity index is 1.91. The Morgan fingerprint density at radius 2 is 1.92 bits per heavy atom. The Labute approximate surface area is 147 Å². The Hall–Kier alpha value is -3.10. The molecule has 1 aromatic carbocycles. The maximum absolute atomic E-state index is 12.8. The van der Waals surface area contributed by atoms with Crippen LogP contribution in [0.2, 0.25) is 0 Å². The number of furan rings is 1. The van der Waals surface area contributed by atoms with Crippen molar-refractivity contribution >= 4 is 18.0 Å². The van der Waals surface area contributed by atoms with E-state index in [0.29, 0.717) is 11.5 Å². The van der Waals surface area contributed by atoms with Crippen LogP contribution in [-0.4, -0.2) is 24.6 Å². The Kier molecular flexibility index (Phi) is 5.81. The van der Waals surface area contributed by atoms with Crippen LogP contribution in [0, 0.1) is 13.8 Å². The lowest BCUT2D eigenvalue weighted by Crippen LogP contribution is -2.35. The molecule has 0 saturated carbocycles. The van der Waals surface area contributed by atoms with Crippen LogP contribution >= 0.6 is 0 Å².